The molecule has 6 heteroatoms. The summed E-state index contributed by atoms with van der Waals surface area (Å²) in [6, 6.07) is 0. The minimum atomic E-state index is -4.39. The summed E-state index contributed by atoms with van der Waals surface area (Å²) in [5.41, 5.74) is -0.782. The molecule has 14 heavy (non-hydrogen) atoms. The fourth-order valence-corrected chi connectivity index (χ4v) is 1.26. The average Bonchev–Trinajstić information content (AvgIpc) is 2.00. The maximum absolute atomic E-state index is 12.4. The van der Waals surface area contributed by atoms with Crippen molar-refractivity contribution in [1.82, 2.24) is 9.97 Å². The zero-order chi connectivity index (χ0) is 10.2. The number of alkyl halides is 3. The summed E-state index contributed by atoms with van der Waals surface area (Å²) in [7, 11) is 0. The van der Waals surface area contributed by atoms with Gasteiger partial charge in [-0.25, -0.2) is 9.97 Å². The van der Waals surface area contributed by atoms with E-state index < -0.39 is 11.7 Å². The minimum Gasteiger partial charge on any atom is -0.356 e. The van der Waals surface area contributed by atoms with Crippen LogP contribution in [0.2, 0.25) is 0 Å². The monoisotopic (exact) mass is 202 g/mol. The molecule has 1 aliphatic rings. The first-order valence-corrected chi connectivity index (χ1v) is 4.14. The van der Waals surface area contributed by atoms with Gasteiger partial charge in [-0.15, -0.1) is 0 Å². The number of halogens is 3. The lowest BCUT2D eigenvalue weighted by Gasteiger charge is -2.33. The number of aromatic nitrogens is 2. The Hall–Kier alpha value is -1.33. The van der Waals surface area contributed by atoms with Crippen molar-refractivity contribution in [2.45, 2.75) is 12.6 Å². The maximum Gasteiger partial charge on any atom is 0.421 e. The lowest BCUT2D eigenvalue weighted by atomic mass is 10.2. The second kappa shape index (κ2) is 3.11. The number of rotatable bonds is 1. The lowest BCUT2D eigenvalue weighted by molar-refractivity contribution is -0.137. The summed E-state index contributed by atoms with van der Waals surface area (Å²) in [5.74, 6) is -0.0567. The van der Waals surface area contributed by atoms with Crippen LogP contribution in [0.4, 0.5) is 19.0 Å². The summed E-state index contributed by atoms with van der Waals surface area (Å²) in [6.45, 7) is 1.24. The van der Waals surface area contributed by atoms with Gasteiger partial charge in [0.1, 0.15) is 11.4 Å². The van der Waals surface area contributed by atoms with E-state index in [4.69, 9.17) is 0 Å². The van der Waals surface area contributed by atoms with E-state index in [-0.39, 0.29) is 5.82 Å². The highest BCUT2D eigenvalue weighted by Gasteiger charge is 2.37. The minimum absolute atomic E-state index is 0.0567. The van der Waals surface area contributed by atoms with E-state index in [9.17, 15) is 13.2 Å². The van der Waals surface area contributed by atoms with Crippen molar-refractivity contribution >= 4 is 5.82 Å². The van der Waals surface area contributed by atoms with Crippen LogP contribution in [-0.4, -0.2) is 23.1 Å². The molecule has 1 aromatic rings. The highest BCUT2D eigenvalue weighted by atomic mass is 19.4. The van der Waals surface area contributed by atoms with Gasteiger partial charge in [-0.3, -0.25) is 0 Å². The molecule has 0 saturated carbocycles. The molecular formula is C8H7F3N3. The van der Waals surface area contributed by atoms with Gasteiger partial charge >= 0.3 is 6.18 Å². The molecule has 0 amide bonds. The van der Waals surface area contributed by atoms with Gasteiger partial charge < -0.3 is 4.90 Å². The van der Waals surface area contributed by atoms with Gasteiger partial charge in [0.05, 0.1) is 0 Å². The van der Waals surface area contributed by atoms with E-state index in [2.05, 4.69) is 16.3 Å². The van der Waals surface area contributed by atoms with Crippen molar-refractivity contribution in [3.8, 4) is 0 Å². The molecule has 0 aliphatic carbocycles. The van der Waals surface area contributed by atoms with E-state index in [1.165, 1.54) is 0 Å². The Kier molecular flexibility index (Phi) is 2.05. The van der Waals surface area contributed by atoms with Gasteiger partial charge in [0.15, 0.2) is 6.33 Å². The Morgan fingerprint density at radius 3 is 2.57 bits per heavy atom. The van der Waals surface area contributed by atoms with Crippen molar-refractivity contribution in [2.75, 3.05) is 18.0 Å². The van der Waals surface area contributed by atoms with Crippen LogP contribution < -0.4 is 4.90 Å². The topological polar surface area (TPSA) is 29.0 Å². The first-order chi connectivity index (χ1) is 6.59. The van der Waals surface area contributed by atoms with Gasteiger partial charge in [-0.05, 0) is 6.42 Å². The summed E-state index contributed by atoms with van der Waals surface area (Å²) in [5, 5.41) is 0. The Balaban J connectivity index is 2.38. The second-order valence-electron chi connectivity index (χ2n) is 3.05. The van der Waals surface area contributed by atoms with Crippen LogP contribution in [0.25, 0.3) is 0 Å². The first-order valence-electron chi connectivity index (χ1n) is 4.14. The third kappa shape index (κ3) is 1.51. The molecule has 0 N–H and O–H groups in total. The second-order valence-corrected chi connectivity index (χ2v) is 3.05. The van der Waals surface area contributed by atoms with Crippen molar-refractivity contribution in [3.05, 3.63) is 18.1 Å². The van der Waals surface area contributed by atoms with Crippen molar-refractivity contribution in [3.63, 3.8) is 0 Å². The van der Waals surface area contributed by atoms with Gasteiger partial charge in [0.25, 0.3) is 0 Å². The van der Waals surface area contributed by atoms with E-state index in [0.717, 1.165) is 12.6 Å². The van der Waals surface area contributed by atoms with Crippen molar-refractivity contribution in [1.29, 1.82) is 0 Å². The molecule has 0 aromatic carbocycles. The Morgan fingerprint density at radius 1 is 1.36 bits per heavy atom. The Morgan fingerprint density at radius 2 is 2.07 bits per heavy atom. The van der Waals surface area contributed by atoms with E-state index in [1.54, 1.807) is 4.90 Å². The highest BCUT2D eigenvalue weighted by Crippen LogP contribution is 2.35. The molecule has 3 nitrogen and oxygen atoms in total. The van der Waals surface area contributed by atoms with Crippen LogP contribution in [0.5, 0.6) is 0 Å². The van der Waals surface area contributed by atoms with Crippen LogP contribution >= 0.6 is 0 Å². The van der Waals surface area contributed by atoms with Crippen LogP contribution in [-0.2, 0) is 6.18 Å². The summed E-state index contributed by atoms with van der Waals surface area (Å²) in [6.07, 6.45) is -0.539. The van der Waals surface area contributed by atoms with Gasteiger partial charge in [-0.2, -0.15) is 13.2 Å². The average molecular weight is 202 g/mol. The molecule has 0 spiro atoms. The summed E-state index contributed by atoms with van der Waals surface area (Å²) < 4.78 is 37.3. The Labute approximate surface area is 78.6 Å². The largest absolute Gasteiger partial charge is 0.421 e. The predicted octanol–water partition coefficient (Wildman–Crippen LogP) is 1.51. The van der Waals surface area contributed by atoms with Crippen molar-refractivity contribution in [2.24, 2.45) is 0 Å². The fraction of sp³-hybridized carbons (Fsp3) is 0.500. The number of nitrogens with zero attached hydrogens (tertiary/aromatic N) is 3. The smallest absolute Gasteiger partial charge is 0.356 e. The molecule has 0 atom stereocenters. The summed E-state index contributed by atoms with van der Waals surface area (Å²) in [4.78, 5) is 8.38. The quantitative estimate of drug-likeness (QED) is 0.691. The van der Waals surface area contributed by atoms with Crippen molar-refractivity contribution < 1.29 is 13.2 Å². The molecule has 2 rings (SSSR count). The molecule has 2 heterocycles. The van der Waals surface area contributed by atoms with Gasteiger partial charge in [0, 0.05) is 19.3 Å². The zero-order valence-electron chi connectivity index (χ0n) is 7.17. The highest BCUT2D eigenvalue weighted by molar-refractivity contribution is 5.48. The van der Waals surface area contributed by atoms with E-state index >= 15 is 0 Å². The first kappa shape index (κ1) is 9.23. The summed E-state index contributed by atoms with van der Waals surface area (Å²) >= 11 is 0. The molecule has 0 unspecified atom stereocenters. The molecule has 1 fully saturated rings. The fourth-order valence-electron chi connectivity index (χ4n) is 1.26. The van der Waals surface area contributed by atoms with Crippen LogP contribution in [0.3, 0.4) is 0 Å². The maximum atomic E-state index is 12.4. The van der Waals surface area contributed by atoms with Crippen LogP contribution in [0, 0.1) is 6.33 Å². The molecule has 75 valence electrons. The molecule has 0 bridgehead atoms. The Bertz CT molecular complexity index is 333. The lowest BCUT2D eigenvalue weighted by Crippen LogP contribution is -2.39. The standard InChI is InChI=1S/C8H7F3N3/c9-8(10,11)6-4-12-5-13-7(6)14-2-1-3-14/h4H,1-3H2. The van der Waals surface area contributed by atoms with E-state index in [0.29, 0.717) is 13.1 Å². The number of hydrogen-bond acceptors (Lipinski definition) is 3. The molecule has 1 saturated heterocycles. The van der Waals surface area contributed by atoms with Gasteiger partial charge in [0.2, 0.25) is 0 Å². The molecule has 1 radical (unpaired) electrons. The number of anilines is 1. The third-order valence-corrected chi connectivity index (χ3v) is 2.11. The van der Waals surface area contributed by atoms with E-state index in [1.807, 2.05) is 0 Å². The third-order valence-electron chi connectivity index (χ3n) is 2.11. The normalized spacial score (nSPS) is 16.6. The SMILES string of the molecule is FC(F)(F)c1cn[c]nc1N1CCC1. The zero-order valence-corrected chi connectivity index (χ0v) is 7.17. The number of hydrogen-bond donors (Lipinski definition) is 0. The van der Waals surface area contributed by atoms with Crippen LogP contribution in [0.15, 0.2) is 6.20 Å². The van der Waals surface area contributed by atoms with Gasteiger partial charge in [-0.1, -0.05) is 0 Å². The predicted molar refractivity (Wildman–Crippen MR) is 42.7 cm³/mol. The molecule has 1 aliphatic heterocycles. The molecular weight excluding hydrogens is 195 g/mol. The van der Waals surface area contributed by atoms with Crippen LogP contribution in [0.1, 0.15) is 12.0 Å². The molecule has 1 aromatic heterocycles.